The zero-order chi connectivity index (χ0) is 13.2. The molecule has 0 amide bonds. The van der Waals surface area contributed by atoms with E-state index in [9.17, 15) is 5.11 Å². The lowest BCUT2D eigenvalue weighted by Crippen LogP contribution is -2.09. The van der Waals surface area contributed by atoms with Gasteiger partial charge in [-0.05, 0) is 23.8 Å². The van der Waals surface area contributed by atoms with Crippen molar-refractivity contribution in [1.82, 2.24) is 5.43 Å². The Labute approximate surface area is 116 Å². The maximum atomic E-state index is 9.86. The highest BCUT2D eigenvalue weighted by Gasteiger charge is 2.23. The Morgan fingerprint density at radius 1 is 1.11 bits per heavy atom. The fraction of sp³-hybridized carbons (Fsp3) is 0.133. The maximum Gasteiger partial charge on any atom is 0.120 e. The van der Waals surface area contributed by atoms with Gasteiger partial charge in [-0.3, -0.25) is 0 Å². The number of nitrogens with one attached hydrogen (secondary N) is 1. The molecule has 2 aromatic carbocycles. The first-order valence-electron chi connectivity index (χ1n) is 6.10. The number of rotatable bonds is 2. The summed E-state index contributed by atoms with van der Waals surface area (Å²) in [6, 6.07) is 15.0. The van der Waals surface area contributed by atoms with Crippen LogP contribution in [0.25, 0.3) is 0 Å². The van der Waals surface area contributed by atoms with Crippen LogP contribution in [0.4, 0.5) is 0 Å². The molecule has 0 radical (unpaired) electrons. The number of aromatic hydroxyl groups is 1. The first kappa shape index (κ1) is 12.1. The minimum absolute atomic E-state index is 0.0203. The molecule has 0 aliphatic carbocycles. The molecule has 3 nitrogen and oxygen atoms in total. The van der Waals surface area contributed by atoms with Crippen LogP contribution >= 0.6 is 11.6 Å². The molecule has 96 valence electrons. The van der Waals surface area contributed by atoms with E-state index in [1.54, 1.807) is 6.07 Å². The molecule has 1 heterocycles. The predicted octanol–water partition coefficient (Wildman–Crippen LogP) is 3.48. The molecule has 1 aliphatic heterocycles. The topological polar surface area (TPSA) is 44.6 Å². The van der Waals surface area contributed by atoms with Crippen LogP contribution in [0.2, 0.25) is 5.02 Å². The normalized spacial score (nSPS) is 17.9. The molecule has 1 atom stereocenters. The van der Waals surface area contributed by atoms with Crippen molar-refractivity contribution >= 4 is 17.3 Å². The first-order valence-corrected chi connectivity index (χ1v) is 6.48. The Kier molecular flexibility index (Phi) is 3.13. The molecule has 19 heavy (non-hydrogen) atoms. The number of halogens is 1. The van der Waals surface area contributed by atoms with Crippen molar-refractivity contribution in [3.8, 4) is 5.75 Å². The summed E-state index contributed by atoms with van der Waals surface area (Å²) in [5, 5.41) is 14.9. The van der Waals surface area contributed by atoms with Gasteiger partial charge in [0.2, 0.25) is 0 Å². The monoisotopic (exact) mass is 272 g/mol. The highest BCUT2D eigenvalue weighted by atomic mass is 35.5. The molecule has 0 spiro atoms. The summed E-state index contributed by atoms with van der Waals surface area (Å²) in [4.78, 5) is 0. The van der Waals surface area contributed by atoms with Gasteiger partial charge >= 0.3 is 0 Å². The molecule has 0 unspecified atom stereocenters. The number of phenols is 1. The van der Waals surface area contributed by atoms with E-state index >= 15 is 0 Å². The van der Waals surface area contributed by atoms with Gasteiger partial charge in [0.1, 0.15) is 5.75 Å². The molecule has 0 aromatic heterocycles. The number of phenolic OH excluding ortho intramolecular Hbond substituents is 1. The molecule has 0 bridgehead atoms. The van der Waals surface area contributed by atoms with Crippen LogP contribution in [0, 0.1) is 0 Å². The predicted molar refractivity (Wildman–Crippen MR) is 76.6 cm³/mol. The van der Waals surface area contributed by atoms with Crippen molar-refractivity contribution < 1.29 is 5.11 Å². The van der Waals surface area contributed by atoms with E-state index in [0.717, 1.165) is 23.3 Å². The quantitative estimate of drug-likeness (QED) is 0.879. The second-order valence-electron chi connectivity index (χ2n) is 4.51. The fourth-order valence-electron chi connectivity index (χ4n) is 2.23. The Hall–Kier alpha value is -2.00. The highest BCUT2D eigenvalue weighted by Crippen LogP contribution is 2.30. The zero-order valence-corrected chi connectivity index (χ0v) is 10.9. The first-order chi connectivity index (χ1) is 9.24. The summed E-state index contributed by atoms with van der Waals surface area (Å²) in [7, 11) is 0. The molecule has 0 saturated carbocycles. The lowest BCUT2D eigenvalue weighted by molar-refractivity contribution is 0.455. The number of para-hydroxylation sites is 1. The lowest BCUT2D eigenvalue weighted by Gasteiger charge is -2.11. The summed E-state index contributed by atoms with van der Waals surface area (Å²) in [5.74, 6) is 0.299. The summed E-state index contributed by atoms with van der Waals surface area (Å²) >= 11 is 5.88. The van der Waals surface area contributed by atoms with Gasteiger partial charge in [-0.1, -0.05) is 41.9 Å². The average molecular weight is 273 g/mol. The van der Waals surface area contributed by atoms with E-state index in [4.69, 9.17) is 11.6 Å². The smallest absolute Gasteiger partial charge is 0.120 e. The zero-order valence-electron chi connectivity index (χ0n) is 10.2. The van der Waals surface area contributed by atoms with Gasteiger partial charge in [0.25, 0.3) is 0 Å². The van der Waals surface area contributed by atoms with E-state index < -0.39 is 0 Å². The molecular formula is C15H13ClN2O. The van der Waals surface area contributed by atoms with Crippen LogP contribution in [0.5, 0.6) is 5.75 Å². The van der Waals surface area contributed by atoms with Gasteiger partial charge < -0.3 is 10.5 Å². The van der Waals surface area contributed by atoms with Crippen molar-refractivity contribution in [3.05, 3.63) is 64.7 Å². The van der Waals surface area contributed by atoms with E-state index in [1.165, 1.54) is 0 Å². The average Bonchev–Trinajstić information content (AvgIpc) is 2.89. The number of hydrazone groups is 1. The van der Waals surface area contributed by atoms with Crippen molar-refractivity contribution in [2.75, 3.05) is 0 Å². The summed E-state index contributed by atoms with van der Waals surface area (Å²) in [6.07, 6.45) is 0.749. The molecular weight excluding hydrogens is 260 g/mol. The molecule has 0 saturated heterocycles. The van der Waals surface area contributed by atoms with Crippen molar-refractivity contribution in [2.24, 2.45) is 5.10 Å². The number of nitrogens with zero attached hydrogens (tertiary/aromatic N) is 1. The van der Waals surface area contributed by atoms with Crippen molar-refractivity contribution in [1.29, 1.82) is 0 Å². The highest BCUT2D eigenvalue weighted by molar-refractivity contribution is 6.30. The third-order valence-corrected chi connectivity index (χ3v) is 3.49. The molecule has 2 aromatic rings. The third-order valence-electron chi connectivity index (χ3n) is 3.24. The molecule has 3 rings (SSSR count). The van der Waals surface area contributed by atoms with Crippen LogP contribution in [-0.4, -0.2) is 10.8 Å². The molecule has 4 heteroatoms. The van der Waals surface area contributed by atoms with E-state index in [-0.39, 0.29) is 6.04 Å². The summed E-state index contributed by atoms with van der Waals surface area (Å²) in [6.45, 7) is 0. The van der Waals surface area contributed by atoms with Gasteiger partial charge in [0, 0.05) is 17.0 Å². The Morgan fingerprint density at radius 3 is 2.58 bits per heavy atom. The molecule has 1 aliphatic rings. The van der Waals surface area contributed by atoms with Crippen molar-refractivity contribution in [3.63, 3.8) is 0 Å². The van der Waals surface area contributed by atoms with Crippen LogP contribution in [0.15, 0.2) is 53.6 Å². The Morgan fingerprint density at radius 2 is 1.84 bits per heavy atom. The standard InChI is InChI=1S/C15H13ClN2O/c16-11-7-5-10(6-8-11)13-9-14(18-17-13)12-3-1-2-4-15(12)19/h1-8,14,18-19H,9H2/t14-/m1/s1. The van der Waals surface area contributed by atoms with Crippen molar-refractivity contribution in [2.45, 2.75) is 12.5 Å². The summed E-state index contributed by atoms with van der Waals surface area (Å²) in [5.41, 5.74) is 5.97. The maximum absolute atomic E-state index is 9.86. The summed E-state index contributed by atoms with van der Waals surface area (Å²) < 4.78 is 0. The second kappa shape index (κ2) is 4.94. The Bertz CT molecular complexity index is 622. The molecule has 2 N–H and O–H groups in total. The van der Waals surface area contributed by atoms with E-state index in [0.29, 0.717) is 10.8 Å². The SMILES string of the molecule is Oc1ccccc1[C@H]1CC(c2ccc(Cl)cc2)=NN1. The van der Waals surface area contributed by atoms with Gasteiger partial charge in [-0.25, -0.2) is 0 Å². The second-order valence-corrected chi connectivity index (χ2v) is 4.95. The lowest BCUT2D eigenvalue weighted by atomic mass is 9.98. The minimum Gasteiger partial charge on any atom is -0.508 e. The van der Waals surface area contributed by atoms with Crippen LogP contribution in [0.1, 0.15) is 23.6 Å². The van der Waals surface area contributed by atoms with Gasteiger partial charge in [0.15, 0.2) is 0 Å². The van der Waals surface area contributed by atoms with Gasteiger partial charge in [-0.2, -0.15) is 5.10 Å². The number of benzene rings is 2. The Balaban J connectivity index is 1.80. The van der Waals surface area contributed by atoms with Crippen LogP contribution in [0.3, 0.4) is 0 Å². The third kappa shape index (κ3) is 2.42. The largest absolute Gasteiger partial charge is 0.508 e. The molecule has 0 fully saturated rings. The van der Waals surface area contributed by atoms with E-state index in [2.05, 4.69) is 10.5 Å². The fourth-order valence-corrected chi connectivity index (χ4v) is 2.35. The van der Waals surface area contributed by atoms with Crippen LogP contribution in [-0.2, 0) is 0 Å². The van der Waals surface area contributed by atoms with Crippen LogP contribution < -0.4 is 5.43 Å². The van der Waals surface area contributed by atoms with E-state index in [1.807, 2.05) is 42.5 Å². The van der Waals surface area contributed by atoms with Gasteiger partial charge in [0.05, 0.1) is 11.8 Å². The van der Waals surface area contributed by atoms with Gasteiger partial charge in [-0.15, -0.1) is 0 Å². The number of hydrogen-bond donors (Lipinski definition) is 2. The minimum atomic E-state index is 0.0203. The number of hydrogen-bond acceptors (Lipinski definition) is 3.